The van der Waals surface area contributed by atoms with Crippen LogP contribution in [0.1, 0.15) is 5.56 Å². The largest absolute Gasteiger partial charge is 0.207 e. The summed E-state index contributed by atoms with van der Waals surface area (Å²) in [4.78, 5) is 0. The fourth-order valence-corrected chi connectivity index (χ4v) is 1.56. The van der Waals surface area contributed by atoms with Crippen LogP contribution in [0.3, 0.4) is 0 Å². The zero-order valence-corrected chi connectivity index (χ0v) is 7.26. The number of halogens is 1. The molecule has 0 aromatic heterocycles. The van der Waals surface area contributed by atoms with Crippen molar-refractivity contribution < 1.29 is 4.39 Å². The van der Waals surface area contributed by atoms with E-state index in [9.17, 15) is 4.39 Å². The number of hydrogen-bond acceptors (Lipinski definition) is 0. The zero-order valence-electron chi connectivity index (χ0n) is 7.26. The second-order valence-electron chi connectivity index (χ2n) is 3.00. The Labute approximate surface area is 77.0 Å². The number of rotatable bonds is 1. The third-order valence-corrected chi connectivity index (χ3v) is 2.23. The van der Waals surface area contributed by atoms with Gasteiger partial charge in [-0.25, -0.2) is 4.39 Å². The molecule has 0 nitrogen and oxygen atoms in total. The van der Waals surface area contributed by atoms with Crippen LogP contribution in [0.2, 0.25) is 0 Å². The summed E-state index contributed by atoms with van der Waals surface area (Å²) in [5.74, 6) is -0.159. The summed E-state index contributed by atoms with van der Waals surface area (Å²) in [6.45, 7) is 3.73. The van der Waals surface area contributed by atoms with Crippen molar-refractivity contribution in [3.05, 3.63) is 54.7 Å². The molecule has 1 heteroatoms. The highest BCUT2D eigenvalue weighted by atomic mass is 19.1. The van der Waals surface area contributed by atoms with Crippen molar-refractivity contribution in [1.29, 1.82) is 0 Å². The minimum Gasteiger partial charge on any atom is -0.207 e. The Morgan fingerprint density at radius 3 is 2.62 bits per heavy atom. The number of benzene rings is 2. The van der Waals surface area contributed by atoms with Gasteiger partial charge in [0.15, 0.2) is 0 Å². The number of fused-ring (bicyclic) bond motifs is 1. The molecular weight excluding hydrogens is 163 g/mol. The molecule has 0 aliphatic heterocycles. The summed E-state index contributed by atoms with van der Waals surface area (Å²) in [5.41, 5.74) is 0.707. The molecule has 0 aliphatic carbocycles. The summed E-state index contributed by atoms with van der Waals surface area (Å²) in [5, 5.41) is 2.04. The minimum atomic E-state index is -0.159. The maximum atomic E-state index is 13.3. The first-order chi connectivity index (χ1) is 6.33. The molecule has 0 saturated heterocycles. The molecule has 0 N–H and O–H groups in total. The Morgan fingerprint density at radius 2 is 1.85 bits per heavy atom. The molecule has 0 fully saturated rings. The molecule has 0 saturated carbocycles. The van der Waals surface area contributed by atoms with Crippen LogP contribution in [0.15, 0.2) is 36.4 Å². The van der Waals surface area contributed by atoms with Crippen LogP contribution in [-0.2, 0) is 6.42 Å². The molecule has 13 heavy (non-hydrogen) atoms. The Kier molecular flexibility index (Phi) is 2.01. The molecule has 0 heterocycles. The quantitative estimate of drug-likeness (QED) is 0.620. The smallest absolute Gasteiger partial charge is 0.127 e. The first kappa shape index (κ1) is 8.24. The molecule has 0 spiro atoms. The fourth-order valence-electron chi connectivity index (χ4n) is 1.56. The van der Waals surface area contributed by atoms with Gasteiger partial charge in [-0.3, -0.25) is 0 Å². The third-order valence-electron chi connectivity index (χ3n) is 2.23. The highest BCUT2D eigenvalue weighted by molar-refractivity contribution is 5.85. The summed E-state index contributed by atoms with van der Waals surface area (Å²) in [6, 6.07) is 11.1. The third kappa shape index (κ3) is 1.31. The van der Waals surface area contributed by atoms with E-state index in [1.54, 1.807) is 6.07 Å². The van der Waals surface area contributed by atoms with Crippen LogP contribution in [0.25, 0.3) is 10.8 Å². The monoisotopic (exact) mass is 173 g/mol. The minimum absolute atomic E-state index is 0.159. The van der Waals surface area contributed by atoms with Crippen molar-refractivity contribution >= 4 is 10.8 Å². The van der Waals surface area contributed by atoms with Crippen LogP contribution in [0.4, 0.5) is 4.39 Å². The lowest BCUT2D eigenvalue weighted by molar-refractivity contribution is 0.617. The maximum Gasteiger partial charge on any atom is 0.127 e. The lowest BCUT2D eigenvalue weighted by Gasteiger charge is -2.04. The van der Waals surface area contributed by atoms with E-state index in [0.717, 1.165) is 10.8 Å². The first-order valence-corrected chi connectivity index (χ1v) is 4.28. The van der Waals surface area contributed by atoms with Gasteiger partial charge in [0.1, 0.15) is 5.82 Å². The van der Waals surface area contributed by atoms with Crippen molar-refractivity contribution in [3.63, 3.8) is 0 Å². The average molecular weight is 173 g/mol. The van der Waals surface area contributed by atoms with Crippen LogP contribution >= 0.6 is 0 Å². The van der Waals surface area contributed by atoms with E-state index in [0.29, 0.717) is 12.0 Å². The van der Waals surface area contributed by atoms with Gasteiger partial charge in [-0.15, -0.1) is 0 Å². The maximum absolute atomic E-state index is 13.3. The van der Waals surface area contributed by atoms with Crippen molar-refractivity contribution in [3.8, 4) is 0 Å². The molecular formula is C12H10F. The van der Waals surface area contributed by atoms with Gasteiger partial charge in [-0.2, -0.15) is 0 Å². The van der Waals surface area contributed by atoms with Crippen LogP contribution in [0, 0.1) is 12.7 Å². The molecule has 0 amide bonds. The van der Waals surface area contributed by atoms with Crippen LogP contribution in [-0.4, -0.2) is 0 Å². The summed E-state index contributed by atoms with van der Waals surface area (Å²) in [7, 11) is 0. The summed E-state index contributed by atoms with van der Waals surface area (Å²) >= 11 is 0. The Hall–Kier alpha value is -1.37. The van der Waals surface area contributed by atoms with E-state index >= 15 is 0 Å². The van der Waals surface area contributed by atoms with Gasteiger partial charge in [0.25, 0.3) is 0 Å². The van der Waals surface area contributed by atoms with Crippen molar-refractivity contribution in [2.24, 2.45) is 0 Å². The molecule has 2 aromatic carbocycles. The average Bonchev–Trinajstić information content (AvgIpc) is 2.18. The lowest BCUT2D eigenvalue weighted by Crippen LogP contribution is -1.89. The van der Waals surface area contributed by atoms with Gasteiger partial charge in [-0.1, -0.05) is 30.3 Å². The van der Waals surface area contributed by atoms with Crippen molar-refractivity contribution in [2.75, 3.05) is 0 Å². The highest BCUT2D eigenvalue weighted by Gasteiger charge is 2.03. The molecule has 0 bridgehead atoms. The first-order valence-electron chi connectivity index (χ1n) is 4.28. The molecule has 2 rings (SSSR count). The Morgan fingerprint density at radius 1 is 1.08 bits per heavy atom. The van der Waals surface area contributed by atoms with Gasteiger partial charge in [-0.05, 0) is 35.7 Å². The van der Waals surface area contributed by atoms with E-state index in [4.69, 9.17) is 0 Å². The molecule has 65 valence electrons. The van der Waals surface area contributed by atoms with Gasteiger partial charge < -0.3 is 0 Å². The summed E-state index contributed by atoms with van der Waals surface area (Å²) in [6.07, 6.45) is 0.493. The molecule has 1 radical (unpaired) electrons. The fraction of sp³-hybridized carbons (Fsp3) is 0.0833. The predicted octanol–water partition coefficient (Wildman–Crippen LogP) is 3.36. The number of hydrogen-bond donors (Lipinski definition) is 0. The molecule has 0 aliphatic rings. The van der Waals surface area contributed by atoms with Crippen molar-refractivity contribution in [1.82, 2.24) is 0 Å². The highest BCUT2D eigenvalue weighted by Crippen LogP contribution is 2.21. The van der Waals surface area contributed by atoms with Crippen LogP contribution < -0.4 is 0 Å². The zero-order chi connectivity index (χ0) is 9.26. The Bertz CT molecular complexity index is 432. The molecule has 0 unspecified atom stereocenters. The van der Waals surface area contributed by atoms with E-state index in [1.807, 2.05) is 24.3 Å². The van der Waals surface area contributed by atoms with Crippen LogP contribution in [0.5, 0.6) is 0 Å². The van der Waals surface area contributed by atoms with Gasteiger partial charge in [0, 0.05) is 0 Å². The predicted molar refractivity (Wildman–Crippen MR) is 53.0 cm³/mol. The van der Waals surface area contributed by atoms with Crippen molar-refractivity contribution in [2.45, 2.75) is 6.42 Å². The van der Waals surface area contributed by atoms with E-state index in [-0.39, 0.29) is 5.82 Å². The molecule has 0 atom stereocenters. The standard InChI is InChI=1S/C12H10F/c1-2-10-11-6-4-3-5-9(11)7-8-12(10)13/h3-8H,1-2H2. The summed E-state index contributed by atoms with van der Waals surface area (Å²) < 4.78 is 13.3. The van der Waals surface area contributed by atoms with Gasteiger partial charge in [0.05, 0.1) is 0 Å². The van der Waals surface area contributed by atoms with Gasteiger partial charge in [0.2, 0.25) is 0 Å². The van der Waals surface area contributed by atoms with E-state index in [2.05, 4.69) is 6.92 Å². The van der Waals surface area contributed by atoms with E-state index in [1.165, 1.54) is 6.07 Å². The normalized spacial score (nSPS) is 10.6. The topological polar surface area (TPSA) is 0 Å². The van der Waals surface area contributed by atoms with E-state index < -0.39 is 0 Å². The lowest BCUT2D eigenvalue weighted by atomic mass is 10.0. The SMILES string of the molecule is [CH2]Cc1c(F)ccc2ccccc12. The second kappa shape index (κ2) is 3.17. The Balaban J connectivity index is 2.84. The molecule has 2 aromatic rings. The van der Waals surface area contributed by atoms with Gasteiger partial charge >= 0.3 is 0 Å². The second-order valence-corrected chi connectivity index (χ2v) is 3.00.